The number of rotatable bonds is 8. The second-order valence-electron chi connectivity index (χ2n) is 7.09. The largest absolute Gasteiger partial charge is 0.495 e. The molecular weight excluding hydrogens is 468 g/mol. The first kappa shape index (κ1) is 24.4. The molecule has 9 nitrogen and oxygen atoms in total. The summed E-state index contributed by atoms with van der Waals surface area (Å²) in [6.07, 6.45) is 0. The lowest BCUT2D eigenvalue weighted by Crippen LogP contribution is -2.37. The molecule has 3 aromatic rings. The molecule has 0 aliphatic carbocycles. The van der Waals surface area contributed by atoms with Gasteiger partial charge in [0.1, 0.15) is 11.6 Å². The Bertz CT molecular complexity index is 1340. The van der Waals surface area contributed by atoms with Crippen molar-refractivity contribution in [2.45, 2.75) is 18.7 Å². The fourth-order valence-electron chi connectivity index (χ4n) is 3.14. The summed E-state index contributed by atoms with van der Waals surface area (Å²) >= 11 is 6.07. The summed E-state index contributed by atoms with van der Waals surface area (Å²) in [4.78, 5) is 31.3. The Morgan fingerprint density at radius 3 is 2.61 bits per heavy atom. The smallest absolute Gasteiger partial charge is 0.251 e. The third kappa shape index (κ3) is 5.78. The maximum atomic E-state index is 13.0. The van der Waals surface area contributed by atoms with Crippen molar-refractivity contribution in [2.24, 2.45) is 0 Å². The second kappa shape index (κ2) is 10.2. The molecule has 0 saturated heterocycles. The van der Waals surface area contributed by atoms with E-state index in [4.69, 9.17) is 16.3 Å². The van der Waals surface area contributed by atoms with Crippen molar-refractivity contribution in [3.63, 3.8) is 0 Å². The molecule has 2 aromatic carbocycles. The van der Waals surface area contributed by atoms with Crippen LogP contribution in [0.1, 0.15) is 12.6 Å². The van der Waals surface area contributed by atoms with Crippen molar-refractivity contribution in [3.05, 3.63) is 69.6 Å². The van der Waals surface area contributed by atoms with Gasteiger partial charge in [-0.05, 0) is 37.3 Å². The number of H-pyrrole nitrogens is 1. The van der Waals surface area contributed by atoms with Crippen LogP contribution in [0.15, 0.2) is 58.2 Å². The molecule has 0 aliphatic rings. The quantitative estimate of drug-likeness (QED) is 0.500. The summed E-state index contributed by atoms with van der Waals surface area (Å²) < 4.78 is 32.1. The van der Waals surface area contributed by atoms with E-state index in [1.807, 2.05) is 0 Å². The standard InChI is InChI=1S/C22H23ClN4O5S/c1-4-27(33(30,31)17-8-9-19(32-3)18(23)12-17)13-21(29)25-16-7-5-6-15(11-16)22-24-14(2)10-20(28)26-22/h5-12H,4,13H2,1-3H3,(H,25,29)(H,24,26,28). The van der Waals surface area contributed by atoms with Gasteiger partial charge in [-0.25, -0.2) is 13.4 Å². The molecule has 0 spiro atoms. The van der Waals surface area contributed by atoms with E-state index in [0.29, 0.717) is 28.5 Å². The number of aryl methyl sites for hydroxylation is 1. The van der Waals surface area contributed by atoms with Crippen molar-refractivity contribution >= 4 is 33.2 Å². The molecule has 0 fully saturated rings. The minimum Gasteiger partial charge on any atom is -0.495 e. The van der Waals surface area contributed by atoms with Gasteiger partial charge >= 0.3 is 0 Å². The van der Waals surface area contributed by atoms with Gasteiger partial charge in [0.25, 0.3) is 5.56 Å². The molecule has 0 saturated carbocycles. The van der Waals surface area contributed by atoms with E-state index < -0.39 is 22.5 Å². The number of amides is 1. The number of hydrogen-bond acceptors (Lipinski definition) is 6. The van der Waals surface area contributed by atoms with Gasteiger partial charge in [-0.3, -0.25) is 9.59 Å². The molecule has 0 bridgehead atoms. The molecule has 0 aliphatic heterocycles. The van der Waals surface area contributed by atoms with Crippen LogP contribution in [-0.2, 0) is 14.8 Å². The van der Waals surface area contributed by atoms with E-state index in [1.165, 1.54) is 31.4 Å². The summed E-state index contributed by atoms with van der Waals surface area (Å²) in [5.74, 6) is 0.189. The number of nitrogens with one attached hydrogen (secondary N) is 2. The number of carbonyl (C=O) groups excluding carboxylic acids is 1. The van der Waals surface area contributed by atoms with Gasteiger partial charge in [-0.2, -0.15) is 4.31 Å². The number of benzene rings is 2. The average Bonchev–Trinajstić information content (AvgIpc) is 2.76. The van der Waals surface area contributed by atoms with Crippen molar-refractivity contribution in [1.82, 2.24) is 14.3 Å². The summed E-state index contributed by atoms with van der Waals surface area (Å²) in [6.45, 7) is 3.02. The summed E-state index contributed by atoms with van der Waals surface area (Å²) in [5.41, 5.74) is 1.31. The third-order valence-electron chi connectivity index (χ3n) is 4.72. The van der Waals surface area contributed by atoms with Crippen molar-refractivity contribution in [1.29, 1.82) is 0 Å². The molecule has 3 rings (SSSR count). The van der Waals surface area contributed by atoms with Gasteiger partial charge in [0.2, 0.25) is 15.9 Å². The van der Waals surface area contributed by atoms with Gasteiger partial charge in [0.15, 0.2) is 0 Å². The molecular formula is C22H23ClN4O5S. The molecule has 0 atom stereocenters. The highest BCUT2D eigenvalue weighted by Gasteiger charge is 2.26. The molecule has 0 radical (unpaired) electrons. The van der Waals surface area contributed by atoms with Crippen LogP contribution in [0.25, 0.3) is 11.4 Å². The van der Waals surface area contributed by atoms with Gasteiger partial charge in [0, 0.05) is 29.6 Å². The molecule has 11 heteroatoms. The van der Waals surface area contributed by atoms with Crippen LogP contribution in [0.4, 0.5) is 5.69 Å². The number of aromatic nitrogens is 2. The zero-order valence-electron chi connectivity index (χ0n) is 18.3. The zero-order valence-corrected chi connectivity index (χ0v) is 19.8. The maximum absolute atomic E-state index is 13.0. The number of likely N-dealkylation sites (N-methyl/N-ethyl adjacent to an activating group) is 1. The van der Waals surface area contributed by atoms with Crippen LogP contribution < -0.4 is 15.6 Å². The third-order valence-corrected chi connectivity index (χ3v) is 6.94. The number of halogens is 1. The number of aromatic amines is 1. The lowest BCUT2D eigenvalue weighted by molar-refractivity contribution is -0.116. The van der Waals surface area contributed by atoms with Crippen LogP contribution in [0.5, 0.6) is 5.75 Å². The van der Waals surface area contributed by atoms with Gasteiger partial charge in [-0.1, -0.05) is 30.7 Å². The van der Waals surface area contributed by atoms with Crippen molar-refractivity contribution < 1.29 is 17.9 Å². The fourth-order valence-corrected chi connectivity index (χ4v) is 4.90. The Kier molecular flexibility index (Phi) is 7.52. The topological polar surface area (TPSA) is 121 Å². The molecule has 174 valence electrons. The zero-order chi connectivity index (χ0) is 24.2. The van der Waals surface area contributed by atoms with Gasteiger partial charge in [0.05, 0.1) is 23.6 Å². The lowest BCUT2D eigenvalue weighted by atomic mass is 10.2. The predicted octanol–water partition coefficient (Wildman–Crippen LogP) is 3.06. The molecule has 0 unspecified atom stereocenters. The molecule has 1 amide bonds. The average molecular weight is 491 g/mol. The van der Waals surface area contributed by atoms with E-state index in [-0.39, 0.29) is 22.0 Å². The maximum Gasteiger partial charge on any atom is 0.251 e. The Morgan fingerprint density at radius 2 is 1.97 bits per heavy atom. The Morgan fingerprint density at radius 1 is 1.21 bits per heavy atom. The summed E-state index contributed by atoms with van der Waals surface area (Å²) in [6, 6.07) is 12.2. The van der Waals surface area contributed by atoms with Crippen LogP contribution >= 0.6 is 11.6 Å². The Labute approximate surface area is 196 Å². The number of carbonyl (C=O) groups is 1. The van der Waals surface area contributed by atoms with Gasteiger partial charge < -0.3 is 15.0 Å². The SMILES string of the molecule is CCN(CC(=O)Nc1cccc(-c2nc(C)cc(=O)[nH]2)c1)S(=O)(=O)c1ccc(OC)c(Cl)c1. The highest BCUT2D eigenvalue weighted by molar-refractivity contribution is 7.89. The Hall–Kier alpha value is -3.21. The normalized spacial score (nSPS) is 11.4. The molecule has 33 heavy (non-hydrogen) atoms. The first-order valence-electron chi connectivity index (χ1n) is 9.96. The molecule has 2 N–H and O–H groups in total. The van der Waals surface area contributed by atoms with Crippen molar-refractivity contribution in [3.8, 4) is 17.1 Å². The highest BCUT2D eigenvalue weighted by Crippen LogP contribution is 2.28. The number of ether oxygens (including phenoxy) is 1. The summed E-state index contributed by atoms with van der Waals surface area (Å²) in [7, 11) is -2.53. The van der Waals surface area contributed by atoms with E-state index in [0.717, 1.165) is 4.31 Å². The van der Waals surface area contributed by atoms with Crippen LogP contribution in [-0.4, -0.2) is 48.8 Å². The minimum atomic E-state index is -3.96. The van der Waals surface area contributed by atoms with E-state index in [9.17, 15) is 18.0 Å². The van der Waals surface area contributed by atoms with Crippen LogP contribution in [0, 0.1) is 6.92 Å². The number of sulfonamides is 1. The summed E-state index contributed by atoms with van der Waals surface area (Å²) in [5, 5.41) is 2.84. The molecule has 1 aromatic heterocycles. The molecule has 1 heterocycles. The Balaban J connectivity index is 1.78. The van der Waals surface area contributed by atoms with Crippen LogP contribution in [0.2, 0.25) is 5.02 Å². The fraction of sp³-hybridized carbons (Fsp3) is 0.227. The van der Waals surface area contributed by atoms with E-state index in [1.54, 1.807) is 38.1 Å². The number of hydrogen-bond donors (Lipinski definition) is 2. The van der Waals surface area contributed by atoms with E-state index >= 15 is 0 Å². The number of methoxy groups -OCH3 is 1. The monoisotopic (exact) mass is 490 g/mol. The number of anilines is 1. The van der Waals surface area contributed by atoms with E-state index in [2.05, 4.69) is 15.3 Å². The highest BCUT2D eigenvalue weighted by atomic mass is 35.5. The number of nitrogens with zero attached hydrogens (tertiary/aromatic N) is 2. The first-order chi connectivity index (χ1) is 15.6. The minimum absolute atomic E-state index is 0.0422. The van der Waals surface area contributed by atoms with Crippen LogP contribution in [0.3, 0.4) is 0 Å². The predicted molar refractivity (Wildman–Crippen MR) is 126 cm³/mol. The van der Waals surface area contributed by atoms with Crippen molar-refractivity contribution in [2.75, 3.05) is 25.5 Å². The van der Waals surface area contributed by atoms with Gasteiger partial charge in [-0.15, -0.1) is 0 Å². The second-order valence-corrected chi connectivity index (χ2v) is 9.44. The lowest BCUT2D eigenvalue weighted by Gasteiger charge is -2.20. The first-order valence-corrected chi connectivity index (χ1v) is 11.8.